The summed E-state index contributed by atoms with van der Waals surface area (Å²) in [6, 6.07) is 8.08. The summed E-state index contributed by atoms with van der Waals surface area (Å²) in [7, 11) is 1.93. The lowest BCUT2D eigenvalue weighted by Gasteiger charge is -2.21. The molecule has 0 aromatic heterocycles. The smallest absolute Gasteiger partial charge is 0.319 e. The van der Waals surface area contributed by atoms with Gasteiger partial charge in [-0.2, -0.15) is 23.5 Å². The number of carbonyl (C=O) groups excluding carboxylic acids is 1. The van der Waals surface area contributed by atoms with Crippen molar-refractivity contribution in [3.8, 4) is 0 Å². The fraction of sp³-hybridized carbons (Fsp3) is 0.533. The summed E-state index contributed by atoms with van der Waals surface area (Å²) in [6.07, 6.45) is 0. The largest absolute Gasteiger partial charge is 0.337 e. The summed E-state index contributed by atoms with van der Waals surface area (Å²) in [5.41, 5.74) is 1.99. The molecule has 2 rings (SSSR count). The Balaban J connectivity index is 1.81. The maximum Gasteiger partial charge on any atom is 0.319 e. The third-order valence-corrected chi connectivity index (χ3v) is 6.30. The maximum atomic E-state index is 12.0. The SMILES string of the molecule is CNC(C)c1cccc(NC(=O)NCC2CSCCS2)c1. The van der Waals surface area contributed by atoms with Crippen LogP contribution in [0.5, 0.6) is 0 Å². The Labute approximate surface area is 135 Å². The number of hydrogen-bond donors (Lipinski definition) is 3. The standard InChI is InChI=1S/C15H23N3OS2/c1-11(16-2)12-4-3-5-13(8-12)18-15(19)17-9-14-10-20-6-7-21-14/h3-5,8,11,14,16H,6-7,9-10H2,1-2H3,(H2,17,18,19). The Hall–Kier alpha value is -0.850. The molecule has 2 atom stereocenters. The molecule has 1 heterocycles. The molecule has 1 aromatic carbocycles. The molecule has 2 unspecified atom stereocenters. The Morgan fingerprint density at radius 3 is 3.00 bits per heavy atom. The van der Waals surface area contributed by atoms with Crippen molar-refractivity contribution in [3.05, 3.63) is 29.8 Å². The number of thioether (sulfide) groups is 2. The van der Waals surface area contributed by atoms with Gasteiger partial charge in [-0.05, 0) is 31.7 Å². The molecular weight excluding hydrogens is 302 g/mol. The summed E-state index contributed by atoms with van der Waals surface area (Å²) in [5, 5.41) is 9.60. The van der Waals surface area contributed by atoms with E-state index >= 15 is 0 Å². The lowest BCUT2D eigenvalue weighted by atomic mass is 10.1. The van der Waals surface area contributed by atoms with Crippen molar-refractivity contribution < 1.29 is 4.79 Å². The van der Waals surface area contributed by atoms with Crippen molar-refractivity contribution in [2.24, 2.45) is 0 Å². The van der Waals surface area contributed by atoms with E-state index in [0.29, 0.717) is 5.25 Å². The van der Waals surface area contributed by atoms with Gasteiger partial charge in [0.2, 0.25) is 0 Å². The van der Waals surface area contributed by atoms with Crippen molar-refractivity contribution in [1.29, 1.82) is 0 Å². The highest BCUT2D eigenvalue weighted by Crippen LogP contribution is 2.23. The van der Waals surface area contributed by atoms with Gasteiger partial charge in [0.25, 0.3) is 0 Å². The molecule has 1 saturated heterocycles. The van der Waals surface area contributed by atoms with Gasteiger partial charge in [0.05, 0.1) is 0 Å². The topological polar surface area (TPSA) is 53.2 Å². The van der Waals surface area contributed by atoms with Crippen molar-refractivity contribution >= 4 is 35.2 Å². The van der Waals surface area contributed by atoms with E-state index in [9.17, 15) is 4.79 Å². The molecule has 0 spiro atoms. The lowest BCUT2D eigenvalue weighted by molar-refractivity contribution is 0.252. The van der Waals surface area contributed by atoms with Crippen LogP contribution in [0.25, 0.3) is 0 Å². The van der Waals surface area contributed by atoms with Gasteiger partial charge in [-0.1, -0.05) is 12.1 Å². The second-order valence-electron chi connectivity index (χ2n) is 5.04. The predicted octanol–water partition coefficient (Wildman–Crippen LogP) is 2.94. The minimum Gasteiger partial charge on any atom is -0.337 e. The second-order valence-corrected chi connectivity index (χ2v) is 7.60. The number of carbonyl (C=O) groups is 1. The quantitative estimate of drug-likeness (QED) is 0.779. The number of amides is 2. The zero-order chi connectivity index (χ0) is 15.1. The molecule has 0 radical (unpaired) electrons. The van der Waals surface area contributed by atoms with Gasteiger partial charge in [-0.3, -0.25) is 0 Å². The van der Waals surface area contributed by atoms with Crippen LogP contribution in [0.2, 0.25) is 0 Å². The van der Waals surface area contributed by atoms with Crippen molar-refractivity contribution in [1.82, 2.24) is 10.6 Å². The van der Waals surface area contributed by atoms with Gasteiger partial charge < -0.3 is 16.0 Å². The molecule has 0 saturated carbocycles. The first-order chi connectivity index (χ1) is 10.2. The molecule has 6 heteroatoms. The van der Waals surface area contributed by atoms with E-state index in [-0.39, 0.29) is 12.1 Å². The van der Waals surface area contributed by atoms with Gasteiger partial charge in [-0.25, -0.2) is 4.79 Å². The zero-order valence-corrected chi connectivity index (χ0v) is 14.2. The van der Waals surface area contributed by atoms with Crippen LogP contribution in [0.15, 0.2) is 24.3 Å². The lowest BCUT2D eigenvalue weighted by Crippen LogP contribution is -2.36. The first kappa shape index (κ1) is 16.5. The molecule has 116 valence electrons. The average molecular weight is 326 g/mol. The van der Waals surface area contributed by atoms with E-state index in [1.165, 1.54) is 11.5 Å². The third kappa shape index (κ3) is 5.45. The number of anilines is 1. The summed E-state index contributed by atoms with van der Waals surface area (Å²) in [5.74, 6) is 3.53. The molecule has 1 aromatic rings. The normalized spacial score (nSPS) is 19.8. The van der Waals surface area contributed by atoms with Crippen LogP contribution in [0.4, 0.5) is 10.5 Å². The average Bonchev–Trinajstić information content (AvgIpc) is 2.53. The van der Waals surface area contributed by atoms with Crippen LogP contribution in [0, 0.1) is 0 Å². The van der Waals surface area contributed by atoms with Crippen LogP contribution in [0.3, 0.4) is 0 Å². The summed E-state index contributed by atoms with van der Waals surface area (Å²) < 4.78 is 0. The molecule has 1 fully saturated rings. The highest BCUT2D eigenvalue weighted by atomic mass is 32.2. The molecule has 1 aliphatic rings. The molecule has 4 nitrogen and oxygen atoms in total. The van der Waals surface area contributed by atoms with E-state index < -0.39 is 0 Å². The van der Waals surface area contributed by atoms with Gasteiger partial charge in [0, 0.05) is 40.8 Å². The predicted molar refractivity (Wildman–Crippen MR) is 94.5 cm³/mol. The Bertz CT molecular complexity index is 464. The zero-order valence-electron chi connectivity index (χ0n) is 12.5. The summed E-state index contributed by atoms with van der Waals surface area (Å²) in [4.78, 5) is 12.0. The van der Waals surface area contributed by atoms with Crippen molar-refractivity contribution in [2.45, 2.75) is 18.2 Å². The first-order valence-electron chi connectivity index (χ1n) is 7.20. The molecule has 0 aliphatic carbocycles. The van der Waals surface area contributed by atoms with Crippen LogP contribution in [-0.2, 0) is 0 Å². The van der Waals surface area contributed by atoms with Crippen LogP contribution < -0.4 is 16.0 Å². The fourth-order valence-corrected chi connectivity index (χ4v) is 4.70. The number of urea groups is 1. The number of hydrogen-bond acceptors (Lipinski definition) is 4. The Morgan fingerprint density at radius 1 is 1.43 bits per heavy atom. The van der Waals surface area contributed by atoms with E-state index in [0.717, 1.165) is 23.5 Å². The molecule has 1 aliphatic heterocycles. The van der Waals surface area contributed by atoms with Gasteiger partial charge in [0.15, 0.2) is 0 Å². The minimum absolute atomic E-state index is 0.125. The minimum atomic E-state index is -0.125. The van der Waals surface area contributed by atoms with E-state index in [1.54, 1.807) is 0 Å². The summed E-state index contributed by atoms with van der Waals surface area (Å²) >= 11 is 3.92. The molecule has 2 amide bonds. The van der Waals surface area contributed by atoms with Crippen molar-refractivity contribution in [3.63, 3.8) is 0 Å². The van der Waals surface area contributed by atoms with Gasteiger partial charge in [0.1, 0.15) is 0 Å². The number of rotatable bonds is 5. The van der Waals surface area contributed by atoms with E-state index in [2.05, 4.69) is 28.9 Å². The molecule has 0 bridgehead atoms. The van der Waals surface area contributed by atoms with Gasteiger partial charge >= 0.3 is 6.03 Å². The second kappa shape index (κ2) is 8.56. The molecular formula is C15H23N3OS2. The summed E-state index contributed by atoms with van der Waals surface area (Å²) in [6.45, 7) is 2.83. The van der Waals surface area contributed by atoms with Crippen molar-refractivity contribution in [2.75, 3.05) is 36.2 Å². The highest BCUT2D eigenvalue weighted by Gasteiger charge is 2.15. The third-order valence-electron chi connectivity index (χ3n) is 3.45. The first-order valence-corrected chi connectivity index (χ1v) is 9.41. The highest BCUT2D eigenvalue weighted by molar-refractivity contribution is 8.06. The Morgan fingerprint density at radius 2 is 2.29 bits per heavy atom. The van der Waals surface area contributed by atoms with Crippen LogP contribution >= 0.6 is 23.5 Å². The number of nitrogens with one attached hydrogen (secondary N) is 3. The van der Waals surface area contributed by atoms with Crippen LogP contribution in [0.1, 0.15) is 18.5 Å². The fourth-order valence-electron chi connectivity index (χ4n) is 2.09. The number of benzene rings is 1. The monoisotopic (exact) mass is 325 g/mol. The Kier molecular flexibility index (Phi) is 6.73. The maximum absolute atomic E-state index is 12.0. The molecule has 3 N–H and O–H groups in total. The van der Waals surface area contributed by atoms with Gasteiger partial charge in [-0.15, -0.1) is 0 Å². The van der Waals surface area contributed by atoms with E-state index in [4.69, 9.17) is 0 Å². The molecule has 21 heavy (non-hydrogen) atoms. The van der Waals surface area contributed by atoms with E-state index in [1.807, 2.05) is 48.8 Å². The van der Waals surface area contributed by atoms with Crippen LogP contribution in [-0.4, -0.2) is 42.1 Å².